The van der Waals surface area contributed by atoms with Crippen molar-refractivity contribution in [1.82, 2.24) is 0 Å². The lowest BCUT2D eigenvalue weighted by atomic mass is 10.1. The third kappa shape index (κ3) is 3.62. The van der Waals surface area contributed by atoms with E-state index in [4.69, 9.17) is 0 Å². The summed E-state index contributed by atoms with van der Waals surface area (Å²) in [6.45, 7) is 2.00. The second-order valence-electron chi connectivity index (χ2n) is 4.03. The van der Waals surface area contributed by atoms with Crippen LogP contribution in [0.25, 0.3) is 11.1 Å². The molecule has 0 saturated heterocycles. The van der Waals surface area contributed by atoms with Crippen LogP contribution in [0.5, 0.6) is 0 Å². The number of hydrogen-bond acceptors (Lipinski definition) is 0. The van der Waals surface area contributed by atoms with E-state index in [-0.39, 0.29) is 0 Å². The maximum absolute atomic E-state index is 3.44. The zero-order chi connectivity index (χ0) is 12.8. The number of pyridine rings is 2. The highest BCUT2D eigenvalue weighted by molar-refractivity contribution is 9.09. The van der Waals surface area contributed by atoms with Crippen molar-refractivity contribution in [3.05, 3.63) is 49.1 Å². The molecular weight excluding hydrogens is 356 g/mol. The molecule has 2 rings (SSSR count). The van der Waals surface area contributed by atoms with Crippen LogP contribution in [-0.2, 0) is 13.1 Å². The van der Waals surface area contributed by atoms with Gasteiger partial charge in [-0.1, -0.05) is 31.9 Å². The molecule has 94 valence electrons. The van der Waals surface area contributed by atoms with Gasteiger partial charge in [-0.05, 0) is 11.1 Å². The smallest absolute Gasteiger partial charge is 0.169 e. The van der Waals surface area contributed by atoms with Crippen molar-refractivity contribution < 1.29 is 9.13 Å². The Bertz CT molecular complexity index is 433. The van der Waals surface area contributed by atoms with Crippen LogP contribution in [0, 0.1) is 0 Å². The molecule has 0 radical (unpaired) electrons. The molecule has 0 spiro atoms. The monoisotopic (exact) mass is 370 g/mol. The molecule has 2 heterocycles. The van der Waals surface area contributed by atoms with Crippen molar-refractivity contribution >= 4 is 31.9 Å². The van der Waals surface area contributed by atoms with Gasteiger partial charge in [0.1, 0.15) is 0 Å². The molecule has 0 aromatic carbocycles. The molecule has 2 aromatic heterocycles. The quantitative estimate of drug-likeness (QED) is 0.564. The van der Waals surface area contributed by atoms with Crippen molar-refractivity contribution in [2.75, 3.05) is 10.7 Å². The average Bonchev–Trinajstić information content (AvgIpc) is 2.41. The number of halogens is 2. The molecule has 4 heteroatoms. The van der Waals surface area contributed by atoms with Crippen molar-refractivity contribution in [1.29, 1.82) is 0 Å². The Morgan fingerprint density at radius 3 is 1.28 bits per heavy atom. The van der Waals surface area contributed by atoms with Gasteiger partial charge in [0, 0.05) is 24.3 Å². The fraction of sp³-hybridized carbons (Fsp3) is 0.286. The molecular formula is C14H16Br2N2+2. The van der Waals surface area contributed by atoms with Crippen LogP contribution in [0.4, 0.5) is 0 Å². The first-order chi connectivity index (χ1) is 8.83. The van der Waals surface area contributed by atoms with Gasteiger partial charge in [0.25, 0.3) is 0 Å². The fourth-order valence-corrected chi connectivity index (χ4v) is 2.61. The van der Waals surface area contributed by atoms with Gasteiger partial charge in [0.2, 0.25) is 0 Å². The summed E-state index contributed by atoms with van der Waals surface area (Å²) in [5.74, 6) is 0. The van der Waals surface area contributed by atoms with E-state index in [2.05, 4.69) is 90.0 Å². The predicted octanol–water partition coefficient (Wildman–Crippen LogP) is 2.72. The first kappa shape index (κ1) is 13.7. The number of hydrogen-bond donors (Lipinski definition) is 0. The standard InChI is InChI=1S/C14H16Br2N2/c15-5-11-17-7-1-13(2-8-17)14-3-9-18(10-4-14)12-6-16/h1-4,7-10H,5-6,11-12H2/q+2. The third-order valence-electron chi connectivity index (χ3n) is 2.80. The van der Waals surface area contributed by atoms with Gasteiger partial charge >= 0.3 is 0 Å². The van der Waals surface area contributed by atoms with E-state index in [0.29, 0.717) is 0 Å². The number of alkyl halides is 2. The molecule has 0 aliphatic carbocycles. The molecule has 2 nitrogen and oxygen atoms in total. The van der Waals surface area contributed by atoms with Gasteiger partial charge in [-0.25, -0.2) is 9.13 Å². The van der Waals surface area contributed by atoms with E-state index in [1.165, 1.54) is 11.1 Å². The summed E-state index contributed by atoms with van der Waals surface area (Å²) >= 11 is 6.89. The van der Waals surface area contributed by atoms with E-state index in [1.807, 2.05) is 0 Å². The van der Waals surface area contributed by atoms with E-state index in [0.717, 1.165) is 23.7 Å². The van der Waals surface area contributed by atoms with Crippen molar-refractivity contribution in [2.24, 2.45) is 0 Å². The normalized spacial score (nSPS) is 10.6. The van der Waals surface area contributed by atoms with Crippen LogP contribution in [0.1, 0.15) is 0 Å². The number of nitrogens with zero attached hydrogens (tertiary/aromatic N) is 2. The zero-order valence-electron chi connectivity index (χ0n) is 10.1. The number of rotatable bonds is 5. The summed E-state index contributed by atoms with van der Waals surface area (Å²) in [6.07, 6.45) is 8.48. The van der Waals surface area contributed by atoms with Crippen molar-refractivity contribution in [3.63, 3.8) is 0 Å². The first-order valence-electron chi connectivity index (χ1n) is 5.94. The zero-order valence-corrected chi connectivity index (χ0v) is 13.3. The van der Waals surface area contributed by atoms with Gasteiger partial charge in [0.15, 0.2) is 37.9 Å². The number of aryl methyl sites for hydroxylation is 2. The predicted molar refractivity (Wildman–Crippen MR) is 79.9 cm³/mol. The Balaban J connectivity index is 2.15. The van der Waals surface area contributed by atoms with Crippen LogP contribution < -0.4 is 9.13 Å². The molecule has 2 aromatic rings. The fourth-order valence-electron chi connectivity index (χ4n) is 1.79. The highest BCUT2D eigenvalue weighted by atomic mass is 79.9. The lowest BCUT2D eigenvalue weighted by Crippen LogP contribution is -2.33. The lowest BCUT2D eigenvalue weighted by Gasteiger charge is -2.00. The molecule has 0 unspecified atom stereocenters. The Kier molecular flexibility index (Phi) is 5.32. The lowest BCUT2D eigenvalue weighted by molar-refractivity contribution is -0.692. The van der Waals surface area contributed by atoms with E-state index in [1.54, 1.807) is 0 Å². The molecule has 0 fully saturated rings. The molecule has 0 saturated carbocycles. The molecule has 0 bridgehead atoms. The Hall–Kier alpha value is -0.740. The van der Waals surface area contributed by atoms with Crippen molar-refractivity contribution in [2.45, 2.75) is 13.1 Å². The van der Waals surface area contributed by atoms with Gasteiger partial charge in [-0.2, -0.15) is 0 Å². The molecule has 0 aliphatic rings. The second-order valence-corrected chi connectivity index (χ2v) is 5.61. The topological polar surface area (TPSA) is 7.76 Å². The highest BCUT2D eigenvalue weighted by Crippen LogP contribution is 2.15. The maximum Gasteiger partial charge on any atom is 0.169 e. The minimum atomic E-state index is 0.981. The minimum absolute atomic E-state index is 0.981. The molecule has 18 heavy (non-hydrogen) atoms. The van der Waals surface area contributed by atoms with Gasteiger partial charge in [-0.3, -0.25) is 0 Å². The van der Waals surface area contributed by atoms with Gasteiger partial charge in [0.05, 0.1) is 10.7 Å². The second kappa shape index (κ2) is 7.00. The number of aromatic nitrogens is 2. The Labute approximate surface area is 125 Å². The SMILES string of the molecule is BrCC[n+]1ccc(-c2cc[n+](CCBr)cc2)cc1. The maximum atomic E-state index is 3.44. The minimum Gasteiger partial charge on any atom is -0.204 e. The Morgan fingerprint density at radius 1 is 0.667 bits per heavy atom. The molecule has 0 N–H and O–H groups in total. The summed E-state index contributed by atoms with van der Waals surface area (Å²) < 4.78 is 4.35. The van der Waals surface area contributed by atoms with Crippen LogP contribution in [0.15, 0.2) is 49.1 Å². The highest BCUT2D eigenvalue weighted by Gasteiger charge is 2.04. The van der Waals surface area contributed by atoms with E-state index in [9.17, 15) is 0 Å². The summed E-state index contributed by atoms with van der Waals surface area (Å²) in [7, 11) is 0. The van der Waals surface area contributed by atoms with Crippen LogP contribution in [0.3, 0.4) is 0 Å². The van der Waals surface area contributed by atoms with Crippen LogP contribution in [0.2, 0.25) is 0 Å². The summed E-state index contributed by atoms with van der Waals surface area (Å²) in [4.78, 5) is 0. The first-order valence-corrected chi connectivity index (χ1v) is 8.18. The van der Waals surface area contributed by atoms with E-state index >= 15 is 0 Å². The Morgan fingerprint density at radius 2 is 1.00 bits per heavy atom. The van der Waals surface area contributed by atoms with Crippen LogP contribution >= 0.6 is 31.9 Å². The molecule has 0 amide bonds. The molecule has 0 aliphatic heterocycles. The third-order valence-corrected chi connectivity index (χ3v) is 3.51. The molecule has 0 atom stereocenters. The average molecular weight is 372 g/mol. The van der Waals surface area contributed by atoms with Gasteiger partial charge < -0.3 is 0 Å². The van der Waals surface area contributed by atoms with Crippen LogP contribution in [-0.4, -0.2) is 10.7 Å². The van der Waals surface area contributed by atoms with Gasteiger partial charge in [-0.15, -0.1) is 0 Å². The van der Waals surface area contributed by atoms with Crippen molar-refractivity contribution in [3.8, 4) is 11.1 Å². The summed E-state index contributed by atoms with van der Waals surface area (Å²) in [5.41, 5.74) is 2.51. The summed E-state index contributed by atoms with van der Waals surface area (Å²) in [5, 5.41) is 1.96. The largest absolute Gasteiger partial charge is 0.204 e. The summed E-state index contributed by atoms with van der Waals surface area (Å²) in [6, 6.07) is 8.64. The van der Waals surface area contributed by atoms with E-state index < -0.39 is 0 Å².